The molecular formula is C19H31N3O2S2. The van der Waals surface area contributed by atoms with Crippen molar-refractivity contribution < 1.29 is 8.42 Å². The summed E-state index contributed by atoms with van der Waals surface area (Å²) in [4.78, 5) is 4.70. The maximum absolute atomic E-state index is 11.5. The molecule has 2 unspecified atom stereocenters. The summed E-state index contributed by atoms with van der Waals surface area (Å²) < 4.78 is 23.0. The van der Waals surface area contributed by atoms with Crippen LogP contribution in [0.5, 0.6) is 0 Å². The summed E-state index contributed by atoms with van der Waals surface area (Å²) >= 11 is 2.07. The number of aliphatic imine (C=N–C) groups is 1. The number of nitrogens with zero attached hydrogens (tertiary/aromatic N) is 1. The smallest absolute Gasteiger partial charge is 0.191 e. The monoisotopic (exact) mass is 397 g/mol. The molecule has 26 heavy (non-hydrogen) atoms. The molecule has 1 aromatic carbocycles. The fourth-order valence-corrected chi connectivity index (χ4v) is 5.08. The van der Waals surface area contributed by atoms with Crippen LogP contribution in [0.2, 0.25) is 0 Å². The molecule has 0 spiro atoms. The quantitative estimate of drug-likeness (QED) is 0.547. The van der Waals surface area contributed by atoms with Crippen LogP contribution < -0.4 is 10.6 Å². The maximum Gasteiger partial charge on any atom is 0.191 e. The van der Waals surface area contributed by atoms with Crippen LogP contribution in [0.4, 0.5) is 0 Å². The van der Waals surface area contributed by atoms with Gasteiger partial charge in [0.2, 0.25) is 0 Å². The molecule has 0 heterocycles. The van der Waals surface area contributed by atoms with E-state index in [4.69, 9.17) is 0 Å². The van der Waals surface area contributed by atoms with Gasteiger partial charge in [0.25, 0.3) is 0 Å². The molecule has 0 aromatic heterocycles. The van der Waals surface area contributed by atoms with Crippen molar-refractivity contribution in [2.24, 2.45) is 4.99 Å². The van der Waals surface area contributed by atoms with E-state index < -0.39 is 9.84 Å². The van der Waals surface area contributed by atoms with E-state index in [0.717, 1.165) is 29.7 Å². The van der Waals surface area contributed by atoms with Crippen molar-refractivity contribution >= 4 is 27.6 Å². The Hall–Kier alpha value is -1.21. The fourth-order valence-electron chi connectivity index (χ4n) is 3.28. The molecule has 2 N–H and O–H groups in total. The van der Waals surface area contributed by atoms with Crippen LogP contribution in [0, 0.1) is 0 Å². The predicted molar refractivity (Wildman–Crippen MR) is 112 cm³/mol. The van der Waals surface area contributed by atoms with Crippen molar-refractivity contribution in [2.45, 2.75) is 55.2 Å². The van der Waals surface area contributed by atoms with Crippen LogP contribution in [0.1, 0.15) is 38.2 Å². The van der Waals surface area contributed by atoms with Gasteiger partial charge in [-0.1, -0.05) is 25.5 Å². The van der Waals surface area contributed by atoms with Gasteiger partial charge in [0.1, 0.15) is 0 Å². The van der Waals surface area contributed by atoms with Gasteiger partial charge in [0.05, 0.1) is 4.90 Å². The number of guanidine groups is 1. The molecule has 1 aliphatic carbocycles. The average molecular weight is 398 g/mol. The Morgan fingerprint density at radius 3 is 2.62 bits per heavy atom. The fraction of sp³-hybridized carbons (Fsp3) is 0.632. The van der Waals surface area contributed by atoms with Crippen LogP contribution in [-0.2, 0) is 16.3 Å². The summed E-state index contributed by atoms with van der Waals surface area (Å²) in [7, 11) is -1.33. The Morgan fingerprint density at radius 2 is 2.00 bits per heavy atom. The van der Waals surface area contributed by atoms with Crippen molar-refractivity contribution in [1.82, 2.24) is 10.6 Å². The first-order chi connectivity index (χ1) is 12.4. The molecule has 1 aromatic rings. The van der Waals surface area contributed by atoms with Crippen LogP contribution in [0.15, 0.2) is 34.2 Å². The summed E-state index contributed by atoms with van der Waals surface area (Å²) in [6.07, 6.45) is 7.06. The summed E-state index contributed by atoms with van der Waals surface area (Å²) in [5.41, 5.74) is 1.11. The lowest BCUT2D eigenvalue weighted by Crippen LogP contribution is -2.46. The lowest BCUT2D eigenvalue weighted by atomic mass is 9.95. The first-order valence-electron chi connectivity index (χ1n) is 9.30. The minimum atomic E-state index is -3.13. The molecule has 1 saturated carbocycles. The highest BCUT2D eigenvalue weighted by molar-refractivity contribution is 7.99. The third-order valence-electron chi connectivity index (χ3n) is 4.65. The minimum absolute atomic E-state index is 0.364. The van der Waals surface area contributed by atoms with E-state index in [2.05, 4.69) is 34.3 Å². The Bertz CT molecular complexity index is 685. The van der Waals surface area contributed by atoms with Gasteiger partial charge in [-0.15, -0.1) is 0 Å². The van der Waals surface area contributed by atoms with Gasteiger partial charge in [-0.3, -0.25) is 4.99 Å². The molecule has 5 nitrogen and oxygen atoms in total. The molecule has 0 amide bonds. The minimum Gasteiger partial charge on any atom is -0.356 e. The molecule has 2 rings (SSSR count). The lowest BCUT2D eigenvalue weighted by molar-refractivity contribution is 0.419. The van der Waals surface area contributed by atoms with Crippen molar-refractivity contribution in [3.05, 3.63) is 29.8 Å². The van der Waals surface area contributed by atoms with Crippen molar-refractivity contribution in [2.75, 3.05) is 25.6 Å². The Morgan fingerprint density at radius 1 is 1.27 bits per heavy atom. The Balaban J connectivity index is 1.78. The number of thioether (sulfide) groups is 1. The number of rotatable bonds is 7. The third-order valence-corrected chi connectivity index (χ3v) is 7.01. The average Bonchev–Trinajstić information content (AvgIpc) is 2.61. The number of benzene rings is 1. The normalized spacial score (nSPS) is 21.4. The topological polar surface area (TPSA) is 70.6 Å². The Labute approximate surface area is 162 Å². The highest BCUT2D eigenvalue weighted by Crippen LogP contribution is 2.28. The SMILES string of the molecule is CCSC1CCCC(NC(=NC)NCCc2ccc(S(C)(=O)=O)cc2)C1. The van der Waals surface area contributed by atoms with Gasteiger partial charge in [-0.05, 0) is 49.1 Å². The van der Waals surface area contributed by atoms with Crippen LogP contribution in [0.3, 0.4) is 0 Å². The van der Waals surface area contributed by atoms with Crippen LogP contribution in [-0.4, -0.2) is 51.3 Å². The maximum atomic E-state index is 11.5. The first-order valence-corrected chi connectivity index (χ1v) is 12.2. The molecule has 0 bridgehead atoms. The highest BCUT2D eigenvalue weighted by Gasteiger charge is 2.22. The Kier molecular flexibility index (Phi) is 8.28. The van der Waals surface area contributed by atoms with Gasteiger partial charge in [0, 0.05) is 31.1 Å². The molecule has 0 saturated heterocycles. The number of hydrogen-bond acceptors (Lipinski definition) is 4. The summed E-state index contributed by atoms with van der Waals surface area (Å²) in [5.74, 6) is 2.03. The largest absolute Gasteiger partial charge is 0.356 e. The highest BCUT2D eigenvalue weighted by atomic mass is 32.2. The van der Waals surface area contributed by atoms with Gasteiger partial charge < -0.3 is 10.6 Å². The van der Waals surface area contributed by atoms with E-state index in [1.165, 1.54) is 37.7 Å². The zero-order valence-corrected chi connectivity index (χ0v) is 17.6. The zero-order chi connectivity index (χ0) is 19.0. The second-order valence-electron chi connectivity index (χ2n) is 6.75. The molecule has 1 fully saturated rings. The van der Waals surface area contributed by atoms with Gasteiger partial charge >= 0.3 is 0 Å². The van der Waals surface area contributed by atoms with E-state index >= 15 is 0 Å². The predicted octanol–water partition coefficient (Wildman–Crippen LogP) is 2.86. The molecule has 2 atom stereocenters. The molecule has 0 aliphatic heterocycles. The van der Waals surface area contributed by atoms with E-state index in [0.29, 0.717) is 10.9 Å². The van der Waals surface area contributed by atoms with Crippen molar-refractivity contribution in [3.8, 4) is 0 Å². The third kappa shape index (κ3) is 6.83. The van der Waals surface area contributed by atoms with E-state index in [9.17, 15) is 8.42 Å². The lowest BCUT2D eigenvalue weighted by Gasteiger charge is -2.30. The molecule has 146 valence electrons. The van der Waals surface area contributed by atoms with Gasteiger partial charge in [-0.25, -0.2) is 8.42 Å². The number of sulfone groups is 1. The summed E-state index contributed by atoms with van der Waals surface area (Å²) in [5, 5.41) is 7.69. The van der Waals surface area contributed by atoms with Crippen LogP contribution >= 0.6 is 11.8 Å². The standard InChI is InChI=1S/C19H31N3O2S2/c1-4-25-17-7-5-6-16(14-17)22-19(20-2)21-13-12-15-8-10-18(11-9-15)26(3,23)24/h8-11,16-17H,4-7,12-14H2,1-3H3,(H2,20,21,22). The molecular weight excluding hydrogens is 366 g/mol. The zero-order valence-electron chi connectivity index (χ0n) is 16.0. The molecule has 1 aliphatic rings. The molecule has 0 radical (unpaired) electrons. The van der Waals surface area contributed by atoms with E-state index in [1.807, 2.05) is 12.1 Å². The van der Waals surface area contributed by atoms with E-state index in [-0.39, 0.29) is 0 Å². The van der Waals surface area contributed by atoms with Gasteiger partial charge in [-0.2, -0.15) is 11.8 Å². The van der Waals surface area contributed by atoms with Crippen LogP contribution in [0.25, 0.3) is 0 Å². The van der Waals surface area contributed by atoms with Crippen molar-refractivity contribution in [1.29, 1.82) is 0 Å². The first kappa shape index (κ1) is 21.1. The molecule has 7 heteroatoms. The second-order valence-corrected chi connectivity index (χ2v) is 10.3. The number of nitrogens with one attached hydrogen (secondary N) is 2. The van der Waals surface area contributed by atoms with Crippen molar-refractivity contribution in [3.63, 3.8) is 0 Å². The van der Waals surface area contributed by atoms with Gasteiger partial charge in [0.15, 0.2) is 15.8 Å². The summed E-state index contributed by atoms with van der Waals surface area (Å²) in [6, 6.07) is 7.59. The number of hydrogen-bond donors (Lipinski definition) is 2. The summed E-state index contributed by atoms with van der Waals surface area (Å²) in [6.45, 7) is 2.99. The second kappa shape index (κ2) is 10.2. The van der Waals surface area contributed by atoms with E-state index in [1.54, 1.807) is 19.2 Å².